The van der Waals surface area contributed by atoms with E-state index < -0.39 is 0 Å². The van der Waals surface area contributed by atoms with Crippen molar-refractivity contribution in [2.24, 2.45) is 0 Å². The molecule has 0 aromatic heterocycles. The van der Waals surface area contributed by atoms with E-state index >= 15 is 0 Å². The minimum absolute atomic E-state index is 0.0519. The largest absolute Gasteiger partial charge is 0.487 e. The second kappa shape index (κ2) is 9.19. The van der Waals surface area contributed by atoms with Crippen molar-refractivity contribution in [3.8, 4) is 5.75 Å². The summed E-state index contributed by atoms with van der Waals surface area (Å²) in [6.45, 7) is 2.77. The average Bonchev–Trinajstić information content (AvgIpc) is 2.87. The van der Waals surface area contributed by atoms with Crippen molar-refractivity contribution in [1.29, 1.82) is 0 Å². The van der Waals surface area contributed by atoms with Gasteiger partial charge < -0.3 is 4.74 Å². The molecule has 27 heavy (non-hydrogen) atoms. The molecule has 3 rings (SSSR count). The second-order valence-electron chi connectivity index (χ2n) is 5.66. The Morgan fingerprint density at radius 2 is 1.96 bits per heavy atom. The maximum atomic E-state index is 13.3. The molecule has 1 aliphatic heterocycles. The van der Waals surface area contributed by atoms with Crippen LogP contribution in [0.2, 0.25) is 0 Å². The number of ether oxygens (including phenoxy) is 1. The summed E-state index contributed by atoms with van der Waals surface area (Å²) in [6.07, 6.45) is 1.86. The maximum absolute atomic E-state index is 13.3. The summed E-state index contributed by atoms with van der Waals surface area (Å²) in [6, 6.07) is 10.3. The molecule has 1 saturated heterocycles. The molecular formula is C19H14FI2NO2S2. The SMILES string of the molecule is CCN1C(=O)/C(=C/c2cc(I)c(OCc3cccc(F)c3)c(I)c2)SC1=S. The molecule has 0 radical (unpaired) electrons. The van der Waals surface area contributed by atoms with Crippen molar-refractivity contribution in [3.05, 3.63) is 65.4 Å². The highest BCUT2D eigenvalue weighted by molar-refractivity contribution is 14.1. The highest BCUT2D eigenvalue weighted by Gasteiger charge is 2.30. The molecule has 2 aromatic rings. The van der Waals surface area contributed by atoms with Gasteiger partial charge in [-0.1, -0.05) is 36.1 Å². The van der Waals surface area contributed by atoms with Crippen molar-refractivity contribution < 1.29 is 13.9 Å². The number of hydrogen-bond acceptors (Lipinski definition) is 4. The Labute approximate surface area is 194 Å². The van der Waals surface area contributed by atoms with Crippen LogP contribution in [-0.4, -0.2) is 21.7 Å². The van der Waals surface area contributed by atoms with E-state index in [0.29, 0.717) is 15.8 Å². The van der Waals surface area contributed by atoms with Crippen LogP contribution in [0.25, 0.3) is 6.08 Å². The number of benzene rings is 2. The fraction of sp³-hybridized carbons (Fsp3) is 0.158. The molecule has 8 heteroatoms. The lowest BCUT2D eigenvalue weighted by Gasteiger charge is -2.12. The second-order valence-corrected chi connectivity index (χ2v) is 9.66. The third-order valence-corrected chi connectivity index (χ3v) is 6.76. The Morgan fingerprint density at radius 3 is 2.56 bits per heavy atom. The smallest absolute Gasteiger partial charge is 0.266 e. The Kier molecular flexibility index (Phi) is 7.14. The quantitative estimate of drug-likeness (QED) is 0.238. The lowest BCUT2D eigenvalue weighted by atomic mass is 10.2. The summed E-state index contributed by atoms with van der Waals surface area (Å²) in [4.78, 5) is 14.6. The number of rotatable bonds is 5. The number of thiocarbonyl (C=S) groups is 1. The first-order valence-corrected chi connectivity index (χ1v) is 11.4. The molecule has 0 aliphatic carbocycles. The summed E-state index contributed by atoms with van der Waals surface area (Å²) in [5.41, 5.74) is 1.69. The molecule has 1 heterocycles. The Balaban J connectivity index is 1.80. The van der Waals surface area contributed by atoms with E-state index in [-0.39, 0.29) is 18.3 Å². The summed E-state index contributed by atoms with van der Waals surface area (Å²) in [5, 5.41) is 0. The van der Waals surface area contributed by atoms with Crippen LogP contribution in [0.1, 0.15) is 18.1 Å². The van der Waals surface area contributed by atoms with Gasteiger partial charge >= 0.3 is 0 Å². The van der Waals surface area contributed by atoms with E-state index in [1.807, 2.05) is 31.2 Å². The number of carbonyl (C=O) groups is 1. The number of amides is 1. The highest BCUT2D eigenvalue weighted by atomic mass is 127. The van der Waals surface area contributed by atoms with Crippen LogP contribution < -0.4 is 4.74 Å². The number of likely N-dealkylation sites (N-methyl/N-ethyl adjacent to an activating group) is 1. The van der Waals surface area contributed by atoms with Crippen molar-refractivity contribution in [3.63, 3.8) is 0 Å². The fourth-order valence-electron chi connectivity index (χ4n) is 2.51. The van der Waals surface area contributed by atoms with Crippen LogP contribution in [0.3, 0.4) is 0 Å². The molecule has 0 unspecified atom stereocenters. The third-order valence-electron chi connectivity index (χ3n) is 3.78. The predicted octanol–water partition coefficient (Wildman–Crippen LogP) is 5.84. The summed E-state index contributed by atoms with van der Waals surface area (Å²) in [5.74, 6) is 0.419. The Hall–Kier alpha value is -0.720. The lowest BCUT2D eigenvalue weighted by Crippen LogP contribution is -2.27. The van der Waals surface area contributed by atoms with Gasteiger partial charge in [0.25, 0.3) is 5.91 Å². The molecule has 0 N–H and O–H groups in total. The zero-order valence-corrected chi connectivity index (χ0v) is 20.1. The van der Waals surface area contributed by atoms with Crippen LogP contribution in [0, 0.1) is 13.0 Å². The molecule has 2 aromatic carbocycles. The summed E-state index contributed by atoms with van der Waals surface area (Å²) < 4.78 is 21.6. The van der Waals surface area contributed by atoms with Crippen molar-refractivity contribution in [2.45, 2.75) is 13.5 Å². The van der Waals surface area contributed by atoms with Gasteiger partial charge in [-0.25, -0.2) is 4.39 Å². The molecule has 3 nitrogen and oxygen atoms in total. The van der Waals surface area contributed by atoms with Crippen LogP contribution in [0.15, 0.2) is 41.3 Å². The van der Waals surface area contributed by atoms with Crippen LogP contribution >= 0.6 is 69.2 Å². The molecule has 0 bridgehead atoms. The van der Waals surface area contributed by atoms with E-state index in [1.165, 1.54) is 23.9 Å². The van der Waals surface area contributed by atoms with E-state index in [2.05, 4.69) is 45.2 Å². The molecule has 0 spiro atoms. The zero-order chi connectivity index (χ0) is 19.6. The Bertz CT molecular complexity index is 926. The predicted molar refractivity (Wildman–Crippen MR) is 128 cm³/mol. The molecular weight excluding hydrogens is 611 g/mol. The minimum atomic E-state index is -0.278. The Morgan fingerprint density at radius 1 is 1.26 bits per heavy atom. The number of hydrogen-bond donors (Lipinski definition) is 0. The van der Waals surface area contributed by atoms with Gasteiger partial charge in [-0.05, 0) is 93.6 Å². The highest BCUT2D eigenvalue weighted by Crippen LogP contribution is 2.35. The first-order valence-electron chi connectivity index (χ1n) is 8.00. The molecule has 0 saturated carbocycles. The molecule has 140 valence electrons. The van der Waals surface area contributed by atoms with Crippen LogP contribution in [0.4, 0.5) is 4.39 Å². The van der Waals surface area contributed by atoms with Crippen LogP contribution in [-0.2, 0) is 11.4 Å². The van der Waals surface area contributed by atoms with E-state index in [4.69, 9.17) is 17.0 Å². The van der Waals surface area contributed by atoms with Gasteiger partial charge in [0, 0.05) is 6.54 Å². The van der Waals surface area contributed by atoms with Gasteiger partial charge in [-0.3, -0.25) is 9.69 Å². The van der Waals surface area contributed by atoms with Gasteiger partial charge in [0.2, 0.25) is 0 Å². The maximum Gasteiger partial charge on any atom is 0.266 e. The standard InChI is InChI=1S/C19H14FI2NO2S2/c1-2-23-18(24)16(27-19(23)26)9-12-7-14(21)17(15(22)8-12)25-10-11-4-3-5-13(20)6-11/h3-9H,2,10H2,1H3/b16-9-. The first kappa shape index (κ1) is 21.0. The normalized spacial score (nSPS) is 15.7. The minimum Gasteiger partial charge on any atom is -0.487 e. The number of halogens is 3. The van der Waals surface area contributed by atoms with Gasteiger partial charge in [-0.15, -0.1) is 0 Å². The zero-order valence-electron chi connectivity index (χ0n) is 14.2. The van der Waals surface area contributed by atoms with E-state index in [1.54, 1.807) is 11.0 Å². The molecule has 0 atom stereocenters. The molecule has 1 fully saturated rings. The van der Waals surface area contributed by atoms with E-state index in [9.17, 15) is 9.18 Å². The van der Waals surface area contributed by atoms with Crippen LogP contribution in [0.5, 0.6) is 5.75 Å². The van der Waals surface area contributed by atoms with Gasteiger partial charge in [0.05, 0.1) is 12.0 Å². The molecule has 1 amide bonds. The topological polar surface area (TPSA) is 29.5 Å². The lowest BCUT2D eigenvalue weighted by molar-refractivity contribution is -0.121. The monoisotopic (exact) mass is 625 g/mol. The van der Waals surface area contributed by atoms with Crippen molar-refractivity contribution in [1.82, 2.24) is 4.90 Å². The fourth-order valence-corrected chi connectivity index (χ4v) is 6.02. The van der Waals surface area contributed by atoms with E-state index in [0.717, 1.165) is 24.0 Å². The van der Waals surface area contributed by atoms with Gasteiger partial charge in [-0.2, -0.15) is 0 Å². The third kappa shape index (κ3) is 5.01. The summed E-state index contributed by atoms with van der Waals surface area (Å²) >= 11 is 11.0. The van der Waals surface area contributed by atoms with Gasteiger partial charge in [0.1, 0.15) is 22.5 Å². The average molecular weight is 625 g/mol. The molecule has 1 aliphatic rings. The van der Waals surface area contributed by atoms with Crippen molar-refractivity contribution in [2.75, 3.05) is 6.54 Å². The summed E-state index contributed by atoms with van der Waals surface area (Å²) in [7, 11) is 0. The number of nitrogens with zero attached hydrogens (tertiary/aromatic N) is 1. The van der Waals surface area contributed by atoms with Gasteiger partial charge in [0.15, 0.2) is 0 Å². The van der Waals surface area contributed by atoms with Crippen molar-refractivity contribution >= 4 is 85.5 Å². The first-order chi connectivity index (χ1) is 12.9. The number of thioether (sulfide) groups is 1. The number of carbonyl (C=O) groups excluding carboxylic acids is 1.